The topological polar surface area (TPSA) is 84.6 Å². The molecule has 19 heavy (non-hydrogen) atoms. The van der Waals surface area contributed by atoms with Crippen LogP contribution in [-0.4, -0.2) is 30.7 Å². The molecule has 5 heteroatoms. The van der Waals surface area contributed by atoms with E-state index < -0.39 is 0 Å². The first-order valence-electron chi connectivity index (χ1n) is 6.34. The number of ether oxygens (including phenoxy) is 1. The number of carbonyl (C=O) groups excluding carboxylic acids is 1. The maximum atomic E-state index is 11.9. The maximum absolute atomic E-state index is 11.9. The third-order valence-electron chi connectivity index (χ3n) is 2.75. The molecule has 1 aromatic rings. The summed E-state index contributed by atoms with van der Waals surface area (Å²) in [7, 11) is 1.50. The number of carbonyl (C=O) groups is 1. The highest BCUT2D eigenvalue weighted by molar-refractivity contribution is 5.97. The van der Waals surface area contributed by atoms with Gasteiger partial charge in [0.25, 0.3) is 5.91 Å². The van der Waals surface area contributed by atoms with Crippen molar-refractivity contribution in [2.75, 3.05) is 13.7 Å². The molecule has 1 unspecified atom stereocenters. The summed E-state index contributed by atoms with van der Waals surface area (Å²) < 4.78 is 4.96. The highest BCUT2D eigenvalue weighted by Crippen LogP contribution is 2.23. The Morgan fingerprint density at radius 3 is 2.68 bits per heavy atom. The molecule has 106 valence electrons. The van der Waals surface area contributed by atoms with E-state index in [-0.39, 0.29) is 23.3 Å². The summed E-state index contributed by atoms with van der Waals surface area (Å²) in [4.78, 5) is 11.9. The molecule has 1 atom stereocenters. The molecule has 0 saturated carbocycles. The number of benzene rings is 1. The summed E-state index contributed by atoms with van der Waals surface area (Å²) in [6.07, 6.45) is 0.842. The number of hydrogen-bond donors (Lipinski definition) is 3. The van der Waals surface area contributed by atoms with Crippen molar-refractivity contribution >= 4 is 5.91 Å². The van der Waals surface area contributed by atoms with E-state index in [1.165, 1.54) is 19.2 Å². The van der Waals surface area contributed by atoms with Crippen LogP contribution in [0.4, 0.5) is 0 Å². The van der Waals surface area contributed by atoms with E-state index in [9.17, 15) is 9.90 Å². The first-order valence-corrected chi connectivity index (χ1v) is 6.34. The Labute approximate surface area is 113 Å². The summed E-state index contributed by atoms with van der Waals surface area (Å²) in [6.45, 7) is 4.55. The quantitative estimate of drug-likeness (QED) is 0.728. The number of nitrogens with two attached hydrogens (primary N) is 1. The second kappa shape index (κ2) is 6.99. The van der Waals surface area contributed by atoms with Crippen LogP contribution >= 0.6 is 0 Å². The largest absolute Gasteiger partial charge is 0.507 e. The lowest BCUT2D eigenvalue weighted by Crippen LogP contribution is -2.38. The number of hydrogen-bond acceptors (Lipinski definition) is 4. The van der Waals surface area contributed by atoms with Crippen LogP contribution in [-0.2, 0) is 0 Å². The van der Waals surface area contributed by atoms with Crippen LogP contribution in [0.1, 0.15) is 30.6 Å². The van der Waals surface area contributed by atoms with Crippen molar-refractivity contribution < 1.29 is 14.6 Å². The van der Waals surface area contributed by atoms with Gasteiger partial charge in [-0.3, -0.25) is 4.79 Å². The van der Waals surface area contributed by atoms with Crippen molar-refractivity contribution in [3.8, 4) is 11.5 Å². The third kappa shape index (κ3) is 4.79. The van der Waals surface area contributed by atoms with E-state index in [1.807, 2.05) is 0 Å². The lowest BCUT2D eigenvalue weighted by molar-refractivity contribution is 0.0947. The summed E-state index contributed by atoms with van der Waals surface area (Å²) in [6, 6.07) is 4.48. The number of aromatic hydroxyl groups is 1. The van der Waals surface area contributed by atoms with Crippen molar-refractivity contribution in [2.24, 2.45) is 11.7 Å². The number of phenolic OH excluding ortho intramolecular Hbond substituents is 1. The minimum Gasteiger partial charge on any atom is -0.507 e. The summed E-state index contributed by atoms with van der Waals surface area (Å²) in [5.41, 5.74) is 6.11. The Balaban J connectivity index is 2.58. The van der Waals surface area contributed by atoms with Gasteiger partial charge in [0.1, 0.15) is 11.5 Å². The van der Waals surface area contributed by atoms with Crippen LogP contribution in [0.2, 0.25) is 0 Å². The third-order valence-corrected chi connectivity index (χ3v) is 2.75. The molecule has 0 saturated heterocycles. The Hall–Kier alpha value is -1.75. The number of nitrogens with one attached hydrogen (secondary N) is 1. The SMILES string of the molecule is COc1ccc(C(=O)NCC(N)CC(C)C)c(O)c1. The van der Waals surface area contributed by atoms with Crippen molar-refractivity contribution in [2.45, 2.75) is 26.3 Å². The second-order valence-electron chi connectivity index (χ2n) is 4.98. The zero-order valence-electron chi connectivity index (χ0n) is 11.6. The normalized spacial score (nSPS) is 12.3. The molecule has 0 fully saturated rings. The zero-order valence-corrected chi connectivity index (χ0v) is 11.6. The van der Waals surface area contributed by atoms with Gasteiger partial charge < -0.3 is 20.9 Å². The van der Waals surface area contributed by atoms with Crippen molar-refractivity contribution in [3.05, 3.63) is 23.8 Å². The predicted octanol–water partition coefficient (Wildman–Crippen LogP) is 1.50. The van der Waals surface area contributed by atoms with Crippen LogP contribution in [0.3, 0.4) is 0 Å². The van der Waals surface area contributed by atoms with Crippen LogP contribution in [0.25, 0.3) is 0 Å². The number of phenols is 1. The number of rotatable bonds is 6. The monoisotopic (exact) mass is 266 g/mol. The van der Waals surface area contributed by atoms with Crippen LogP contribution < -0.4 is 15.8 Å². The van der Waals surface area contributed by atoms with E-state index >= 15 is 0 Å². The van der Waals surface area contributed by atoms with Gasteiger partial charge in [-0.05, 0) is 24.5 Å². The lowest BCUT2D eigenvalue weighted by atomic mass is 10.0. The molecule has 5 nitrogen and oxygen atoms in total. The Morgan fingerprint density at radius 2 is 2.16 bits per heavy atom. The van der Waals surface area contributed by atoms with Crippen LogP contribution in [0.15, 0.2) is 18.2 Å². The second-order valence-corrected chi connectivity index (χ2v) is 4.98. The molecule has 4 N–H and O–H groups in total. The van der Waals surface area contributed by atoms with E-state index in [0.29, 0.717) is 18.2 Å². The molecule has 0 bridgehead atoms. The molecule has 0 heterocycles. The van der Waals surface area contributed by atoms with E-state index in [2.05, 4.69) is 19.2 Å². The minimum atomic E-state index is -0.334. The van der Waals surface area contributed by atoms with Crippen LogP contribution in [0, 0.1) is 5.92 Å². The molecule has 0 aliphatic rings. The van der Waals surface area contributed by atoms with E-state index in [1.54, 1.807) is 6.07 Å². The van der Waals surface area contributed by atoms with Gasteiger partial charge >= 0.3 is 0 Å². The first kappa shape index (κ1) is 15.3. The highest BCUT2D eigenvalue weighted by Gasteiger charge is 2.13. The van der Waals surface area contributed by atoms with E-state index in [4.69, 9.17) is 10.5 Å². The molecular weight excluding hydrogens is 244 g/mol. The number of amides is 1. The fourth-order valence-electron chi connectivity index (χ4n) is 1.84. The Kier molecular flexibility index (Phi) is 5.63. The lowest BCUT2D eigenvalue weighted by Gasteiger charge is -2.15. The molecule has 0 aliphatic heterocycles. The number of methoxy groups -OCH3 is 1. The summed E-state index contributed by atoms with van der Waals surface area (Å²) in [5.74, 6) is 0.556. The van der Waals surface area contributed by atoms with Gasteiger partial charge in [0.15, 0.2) is 0 Å². The van der Waals surface area contributed by atoms with Gasteiger partial charge in [0, 0.05) is 18.7 Å². The predicted molar refractivity (Wildman–Crippen MR) is 74.4 cm³/mol. The minimum absolute atomic E-state index is 0.0793. The molecule has 0 aromatic heterocycles. The highest BCUT2D eigenvalue weighted by atomic mass is 16.5. The fourth-order valence-corrected chi connectivity index (χ4v) is 1.84. The molecule has 0 radical (unpaired) electrons. The van der Waals surface area contributed by atoms with Gasteiger partial charge in [0.2, 0.25) is 0 Å². The average Bonchev–Trinajstić information content (AvgIpc) is 2.35. The summed E-state index contributed by atoms with van der Waals surface area (Å²) >= 11 is 0. The van der Waals surface area contributed by atoms with Gasteiger partial charge in [-0.25, -0.2) is 0 Å². The van der Waals surface area contributed by atoms with E-state index in [0.717, 1.165) is 6.42 Å². The summed E-state index contributed by atoms with van der Waals surface area (Å²) in [5, 5.41) is 12.4. The molecule has 1 rings (SSSR count). The Bertz CT molecular complexity index is 433. The zero-order chi connectivity index (χ0) is 14.4. The molecule has 1 aromatic carbocycles. The Morgan fingerprint density at radius 1 is 1.47 bits per heavy atom. The average molecular weight is 266 g/mol. The first-order chi connectivity index (χ1) is 8.93. The van der Waals surface area contributed by atoms with Gasteiger partial charge in [0.05, 0.1) is 12.7 Å². The maximum Gasteiger partial charge on any atom is 0.255 e. The molecule has 1 amide bonds. The molecule has 0 aliphatic carbocycles. The van der Waals surface area contributed by atoms with Gasteiger partial charge in [-0.2, -0.15) is 0 Å². The van der Waals surface area contributed by atoms with Crippen molar-refractivity contribution in [3.63, 3.8) is 0 Å². The van der Waals surface area contributed by atoms with Gasteiger partial charge in [-0.15, -0.1) is 0 Å². The standard InChI is InChI=1S/C14H22N2O3/c1-9(2)6-10(15)8-16-14(18)12-5-4-11(19-3)7-13(12)17/h4-5,7,9-10,17H,6,8,15H2,1-3H3,(H,16,18). The fraction of sp³-hybridized carbons (Fsp3) is 0.500. The van der Waals surface area contributed by atoms with Crippen LogP contribution in [0.5, 0.6) is 11.5 Å². The van der Waals surface area contributed by atoms with Crippen molar-refractivity contribution in [1.82, 2.24) is 5.32 Å². The smallest absolute Gasteiger partial charge is 0.255 e. The molecular formula is C14H22N2O3. The molecule has 0 spiro atoms. The van der Waals surface area contributed by atoms with Gasteiger partial charge in [-0.1, -0.05) is 13.8 Å². The van der Waals surface area contributed by atoms with Crippen molar-refractivity contribution in [1.29, 1.82) is 0 Å².